The maximum Gasteiger partial charge on any atom is 0.339 e. The molecule has 3 rings (SSSR count). The number of hydrogen-bond donors (Lipinski definition) is 1. The minimum atomic E-state index is -3.95. The number of carbonyl (C=O) groups is 2. The van der Waals surface area contributed by atoms with E-state index in [1.54, 1.807) is 69.6 Å². The van der Waals surface area contributed by atoms with E-state index in [-0.39, 0.29) is 10.5 Å². The van der Waals surface area contributed by atoms with Crippen molar-refractivity contribution >= 4 is 27.6 Å². The lowest BCUT2D eigenvalue weighted by Crippen LogP contribution is -2.31. The second-order valence-corrected chi connectivity index (χ2v) is 9.56. The van der Waals surface area contributed by atoms with Crippen molar-refractivity contribution in [3.8, 4) is 0 Å². The molecular weight excluding hydrogens is 440 g/mol. The molecule has 1 atom stereocenters. The SMILES string of the molecule is Cc1cccc(NS(=O)(=O)c2ccc(C)c(C(=O)OC(C(=O)N(C)C)c3ccccc3)c2)c1. The number of hydrogen-bond acceptors (Lipinski definition) is 5. The van der Waals surface area contributed by atoms with Gasteiger partial charge in [-0.05, 0) is 49.2 Å². The van der Waals surface area contributed by atoms with Crippen LogP contribution in [0.1, 0.15) is 33.2 Å². The van der Waals surface area contributed by atoms with Crippen LogP contribution in [0, 0.1) is 13.8 Å². The van der Waals surface area contributed by atoms with Crippen LogP contribution in [0.3, 0.4) is 0 Å². The van der Waals surface area contributed by atoms with Gasteiger partial charge in [-0.2, -0.15) is 0 Å². The fourth-order valence-corrected chi connectivity index (χ4v) is 4.28. The van der Waals surface area contributed by atoms with Crippen molar-refractivity contribution in [1.29, 1.82) is 0 Å². The van der Waals surface area contributed by atoms with Crippen molar-refractivity contribution in [1.82, 2.24) is 4.90 Å². The number of ether oxygens (including phenoxy) is 1. The van der Waals surface area contributed by atoms with Crippen LogP contribution in [0.15, 0.2) is 77.7 Å². The summed E-state index contributed by atoms with van der Waals surface area (Å²) in [6.45, 7) is 3.53. The highest BCUT2D eigenvalue weighted by Crippen LogP contribution is 2.25. The first-order valence-electron chi connectivity index (χ1n) is 10.3. The molecule has 0 spiro atoms. The second kappa shape index (κ2) is 9.87. The van der Waals surface area contributed by atoms with Crippen LogP contribution in [0.25, 0.3) is 0 Å². The highest BCUT2D eigenvalue weighted by atomic mass is 32.2. The van der Waals surface area contributed by atoms with Crippen molar-refractivity contribution in [2.75, 3.05) is 18.8 Å². The van der Waals surface area contributed by atoms with Gasteiger partial charge in [-0.15, -0.1) is 0 Å². The smallest absolute Gasteiger partial charge is 0.339 e. The molecule has 1 amide bonds. The first-order valence-corrected chi connectivity index (χ1v) is 11.7. The number of amides is 1. The Labute approximate surface area is 194 Å². The van der Waals surface area contributed by atoms with Crippen molar-refractivity contribution < 1.29 is 22.7 Å². The van der Waals surface area contributed by atoms with Crippen molar-refractivity contribution in [3.63, 3.8) is 0 Å². The molecule has 0 fully saturated rings. The summed E-state index contributed by atoms with van der Waals surface area (Å²) in [4.78, 5) is 27.0. The molecule has 0 saturated heterocycles. The number of nitrogens with zero attached hydrogens (tertiary/aromatic N) is 1. The molecule has 8 heteroatoms. The largest absolute Gasteiger partial charge is 0.444 e. The maximum absolute atomic E-state index is 13.1. The van der Waals surface area contributed by atoms with Gasteiger partial charge >= 0.3 is 5.97 Å². The number of carbonyl (C=O) groups excluding carboxylic acids is 2. The third-order valence-electron chi connectivity index (χ3n) is 5.00. The van der Waals surface area contributed by atoms with Gasteiger partial charge in [0.05, 0.1) is 10.5 Å². The zero-order valence-corrected chi connectivity index (χ0v) is 19.7. The van der Waals surface area contributed by atoms with Crippen molar-refractivity contribution in [3.05, 3.63) is 95.1 Å². The summed E-state index contributed by atoms with van der Waals surface area (Å²) >= 11 is 0. The number of rotatable bonds is 7. The lowest BCUT2D eigenvalue weighted by Gasteiger charge is -2.21. The lowest BCUT2D eigenvalue weighted by molar-refractivity contribution is -0.138. The average Bonchev–Trinajstić information content (AvgIpc) is 2.77. The van der Waals surface area contributed by atoms with E-state index in [1.807, 2.05) is 13.0 Å². The summed E-state index contributed by atoms with van der Waals surface area (Å²) < 4.78 is 33.9. The highest BCUT2D eigenvalue weighted by molar-refractivity contribution is 7.92. The molecule has 0 radical (unpaired) electrons. The van der Waals surface area contributed by atoms with Gasteiger partial charge in [0.15, 0.2) is 0 Å². The molecule has 3 aromatic rings. The molecule has 172 valence electrons. The van der Waals surface area contributed by atoms with Gasteiger partial charge in [-0.1, -0.05) is 48.5 Å². The zero-order valence-electron chi connectivity index (χ0n) is 18.9. The summed E-state index contributed by atoms with van der Waals surface area (Å²) in [5, 5.41) is 0. The van der Waals surface area contributed by atoms with E-state index in [0.29, 0.717) is 16.8 Å². The molecule has 1 unspecified atom stereocenters. The molecule has 33 heavy (non-hydrogen) atoms. The van der Waals surface area contributed by atoms with Crippen LogP contribution in [-0.4, -0.2) is 39.3 Å². The van der Waals surface area contributed by atoms with E-state index in [1.165, 1.54) is 23.1 Å². The molecule has 7 nitrogen and oxygen atoms in total. The summed E-state index contributed by atoms with van der Waals surface area (Å²) in [6.07, 6.45) is -1.15. The van der Waals surface area contributed by atoms with Gasteiger partial charge < -0.3 is 9.64 Å². The third kappa shape index (κ3) is 5.78. The number of likely N-dealkylation sites (N-methyl/N-ethyl adjacent to an activating group) is 1. The Balaban J connectivity index is 1.91. The number of sulfonamides is 1. The predicted molar refractivity (Wildman–Crippen MR) is 126 cm³/mol. The van der Waals surface area contributed by atoms with Crippen molar-refractivity contribution in [2.24, 2.45) is 0 Å². The summed E-state index contributed by atoms with van der Waals surface area (Å²) in [5.41, 5.74) is 2.43. The zero-order chi connectivity index (χ0) is 24.2. The topological polar surface area (TPSA) is 92.8 Å². The maximum atomic E-state index is 13.1. The fraction of sp³-hybridized carbons (Fsp3) is 0.200. The van der Waals surface area contributed by atoms with Crippen LogP contribution in [0.5, 0.6) is 0 Å². The Morgan fingerprint density at radius 2 is 1.61 bits per heavy atom. The minimum absolute atomic E-state index is 0.0644. The monoisotopic (exact) mass is 466 g/mol. The van der Waals surface area contributed by atoms with Crippen LogP contribution < -0.4 is 4.72 Å². The molecule has 0 saturated carbocycles. The summed E-state index contributed by atoms with van der Waals surface area (Å²) in [6, 6.07) is 19.8. The second-order valence-electron chi connectivity index (χ2n) is 7.88. The van der Waals surface area contributed by atoms with Gasteiger partial charge in [0.1, 0.15) is 0 Å². The fourth-order valence-electron chi connectivity index (χ4n) is 3.20. The van der Waals surface area contributed by atoms with Gasteiger partial charge in [-0.25, -0.2) is 13.2 Å². The molecule has 0 heterocycles. The van der Waals surface area contributed by atoms with Crippen LogP contribution in [0.4, 0.5) is 5.69 Å². The normalized spacial score (nSPS) is 12.0. The van der Waals surface area contributed by atoms with Gasteiger partial charge in [0.2, 0.25) is 6.10 Å². The number of anilines is 1. The van der Waals surface area contributed by atoms with Gasteiger partial charge in [0.25, 0.3) is 15.9 Å². The Bertz CT molecular complexity index is 1270. The van der Waals surface area contributed by atoms with E-state index >= 15 is 0 Å². The number of esters is 1. The first kappa shape index (κ1) is 24.0. The molecule has 0 bridgehead atoms. The number of nitrogens with one attached hydrogen (secondary N) is 1. The van der Waals surface area contributed by atoms with E-state index in [0.717, 1.165) is 5.56 Å². The van der Waals surface area contributed by atoms with E-state index in [9.17, 15) is 18.0 Å². The molecule has 0 aliphatic carbocycles. The molecular formula is C25H26N2O5S. The molecule has 3 aromatic carbocycles. The predicted octanol–water partition coefficient (Wildman–Crippen LogP) is 4.09. The lowest BCUT2D eigenvalue weighted by atomic mass is 10.1. The van der Waals surface area contributed by atoms with Gasteiger partial charge in [0, 0.05) is 25.3 Å². The molecule has 1 N–H and O–H groups in total. The quantitative estimate of drug-likeness (QED) is 0.530. The summed E-state index contributed by atoms with van der Waals surface area (Å²) in [5.74, 6) is -1.19. The Kier molecular flexibility index (Phi) is 7.18. The van der Waals surface area contributed by atoms with Crippen LogP contribution in [-0.2, 0) is 19.6 Å². The molecule has 0 aromatic heterocycles. The Morgan fingerprint density at radius 3 is 2.24 bits per heavy atom. The summed E-state index contributed by atoms with van der Waals surface area (Å²) in [7, 11) is -0.804. The number of aryl methyl sites for hydroxylation is 2. The van der Waals surface area contributed by atoms with Crippen LogP contribution in [0.2, 0.25) is 0 Å². The number of benzene rings is 3. The Hall–Kier alpha value is -3.65. The standard InChI is InChI=1S/C25H26N2O5S/c1-17-9-8-12-20(15-17)26-33(30,31)21-14-13-18(2)22(16-21)25(29)32-23(24(28)27(3)4)19-10-6-5-7-11-19/h5-16,23,26H,1-4H3. The van der Waals surface area contributed by atoms with E-state index in [4.69, 9.17) is 4.74 Å². The average molecular weight is 467 g/mol. The Morgan fingerprint density at radius 1 is 0.909 bits per heavy atom. The van der Waals surface area contributed by atoms with Gasteiger partial charge in [-0.3, -0.25) is 9.52 Å². The minimum Gasteiger partial charge on any atom is -0.444 e. The van der Waals surface area contributed by atoms with Crippen molar-refractivity contribution in [2.45, 2.75) is 24.8 Å². The first-order chi connectivity index (χ1) is 15.6. The van der Waals surface area contributed by atoms with Crippen LogP contribution >= 0.6 is 0 Å². The van der Waals surface area contributed by atoms with E-state index in [2.05, 4.69) is 4.72 Å². The molecule has 0 aliphatic rings. The third-order valence-corrected chi connectivity index (χ3v) is 6.38. The van der Waals surface area contributed by atoms with E-state index < -0.39 is 28.0 Å². The molecule has 0 aliphatic heterocycles. The highest BCUT2D eigenvalue weighted by Gasteiger charge is 2.28.